The molecule has 12 heteroatoms. The van der Waals surface area contributed by atoms with Crippen molar-refractivity contribution < 1.29 is 23.5 Å². The molecular weight excluding hydrogens is 521 g/mol. The van der Waals surface area contributed by atoms with Gasteiger partial charge in [0, 0.05) is 50.4 Å². The van der Waals surface area contributed by atoms with Gasteiger partial charge in [-0.3, -0.25) is 14.6 Å². The van der Waals surface area contributed by atoms with Gasteiger partial charge in [-0.15, -0.1) is 11.3 Å². The molecule has 0 N–H and O–H groups in total. The Kier molecular flexibility index (Phi) is 7.38. The summed E-state index contributed by atoms with van der Waals surface area (Å²) in [5.74, 6) is -0.984. The zero-order chi connectivity index (χ0) is 26.1. The molecule has 0 aliphatic carbocycles. The topological polar surface area (TPSA) is 88.1 Å². The number of esters is 1. The van der Waals surface area contributed by atoms with E-state index in [0.717, 1.165) is 6.42 Å². The monoisotopic (exact) mass is 545 g/mol. The molecule has 1 aromatic carbocycles. The minimum absolute atomic E-state index is 0.0101. The molecule has 37 heavy (non-hydrogen) atoms. The maximum absolute atomic E-state index is 14.5. The summed E-state index contributed by atoms with van der Waals surface area (Å²) >= 11 is 7.31. The Morgan fingerprint density at radius 3 is 2.76 bits per heavy atom. The van der Waals surface area contributed by atoms with Gasteiger partial charge in [0.25, 0.3) is 5.91 Å². The van der Waals surface area contributed by atoms with Gasteiger partial charge >= 0.3 is 5.97 Å². The van der Waals surface area contributed by atoms with Crippen LogP contribution in [-0.2, 0) is 16.0 Å². The highest BCUT2D eigenvalue weighted by Crippen LogP contribution is 2.34. The third kappa shape index (κ3) is 5.04. The van der Waals surface area contributed by atoms with Crippen LogP contribution in [0.25, 0.3) is 0 Å². The number of amides is 1. The van der Waals surface area contributed by atoms with Gasteiger partial charge in [0.1, 0.15) is 12.5 Å². The molecule has 3 aromatic rings. The SMILES string of the molecule is COCN(c1cc(C(=O)OC)cc(CN2C[C@@H]3C[C@H]2CN3C(=O)c2cccc(Cl)c2F)n1)c1nccs1. The quantitative estimate of drug-likeness (QED) is 0.310. The number of halogens is 2. The van der Waals surface area contributed by atoms with Crippen LogP contribution in [0.3, 0.4) is 0 Å². The minimum Gasteiger partial charge on any atom is -0.465 e. The van der Waals surface area contributed by atoms with Crippen LogP contribution >= 0.6 is 22.9 Å². The van der Waals surface area contributed by atoms with Crippen molar-refractivity contribution in [3.63, 3.8) is 0 Å². The second kappa shape index (κ2) is 10.7. The van der Waals surface area contributed by atoms with Gasteiger partial charge in [-0.2, -0.15) is 0 Å². The fourth-order valence-corrected chi connectivity index (χ4v) is 5.76. The van der Waals surface area contributed by atoms with Gasteiger partial charge in [0.05, 0.1) is 29.0 Å². The first-order valence-electron chi connectivity index (χ1n) is 11.6. The van der Waals surface area contributed by atoms with Crippen LogP contribution in [0.15, 0.2) is 41.9 Å². The van der Waals surface area contributed by atoms with Crippen molar-refractivity contribution in [2.75, 3.05) is 38.9 Å². The number of piperazine rings is 1. The molecule has 2 aliphatic heterocycles. The predicted octanol–water partition coefficient (Wildman–Crippen LogP) is 3.96. The Morgan fingerprint density at radius 1 is 1.24 bits per heavy atom. The number of nitrogens with zero attached hydrogens (tertiary/aromatic N) is 5. The van der Waals surface area contributed by atoms with Crippen LogP contribution in [0.1, 0.15) is 32.8 Å². The first kappa shape index (κ1) is 25.5. The van der Waals surface area contributed by atoms with E-state index in [0.29, 0.717) is 41.8 Å². The number of thiazole rings is 1. The summed E-state index contributed by atoms with van der Waals surface area (Å²) in [6.45, 7) is 1.78. The molecule has 0 radical (unpaired) electrons. The number of hydrogen-bond acceptors (Lipinski definition) is 9. The number of carbonyl (C=O) groups is 2. The molecule has 2 bridgehead atoms. The molecule has 2 aliphatic rings. The second-order valence-electron chi connectivity index (χ2n) is 8.89. The fraction of sp³-hybridized carbons (Fsp3) is 0.360. The van der Waals surface area contributed by atoms with Crippen molar-refractivity contribution in [3.05, 3.63) is 69.6 Å². The number of likely N-dealkylation sites (tertiary alicyclic amines) is 2. The second-order valence-corrected chi connectivity index (χ2v) is 10.2. The van der Waals surface area contributed by atoms with Crippen LogP contribution in [-0.4, -0.2) is 77.8 Å². The summed E-state index contributed by atoms with van der Waals surface area (Å²) in [5, 5.41) is 2.47. The third-order valence-electron chi connectivity index (χ3n) is 6.63. The summed E-state index contributed by atoms with van der Waals surface area (Å²) in [7, 11) is 2.92. The number of aromatic nitrogens is 2. The van der Waals surface area contributed by atoms with Gasteiger partial charge in [-0.1, -0.05) is 17.7 Å². The van der Waals surface area contributed by atoms with Crippen molar-refractivity contribution in [2.45, 2.75) is 25.0 Å². The molecule has 2 aromatic heterocycles. The molecule has 2 fully saturated rings. The molecule has 9 nitrogen and oxygen atoms in total. The largest absolute Gasteiger partial charge is 0.465 e. The van der Waals surface area contributed by atoms with E-state index < -0.39 is 11.8 Å². The van der Waals surface area contributed by atoms with Crippen molar-refractivity contribution in [1.82, 2.24) is 19.8 Å². The molecule has 2 saturated heterocycles. The summed E-state index contributed by atoms with van der Waals surface area (Å²) in [5.41, 5.74) is 1.05. The van der Waals surface area contributed by atoms with Gasteiger partial charge in [0.15, 0.2) is 10.9 Å². The van der Waals surface area contributed by atoms with Crippen molar-refractivity contribution in [2.24, 2.45) is 0 Å². The van der Waals surface area contributed by atoms with Crippen LogP contribution in [0, 0.1) is 5.82 Å². The predicted molar refractivity (Wildman–Crippen MR) is 137 cm³/mol. The Morgan fingerprint density at radius 2 is 2.08 bits per heavy atom. The lowest BCUT2D eigenvalue weighted by molar-refractivity contribution is 0.0591. The summed E-state index contributed by atoms with van der Waals surface area (Å²) in [6.07, 6.45) is 2.48. The molecule has 0 unspecified atom stereocenters. The number of hydrogen-bond donors (Lipinski definition) is 0. The maximum atomic E-state index is 14.5. The first-order chi connectivity index (χ1) is 17.9. The van der Waals surface area contributed by atoms with Crippen LogP contribution in [0.5, 0.6) is 0 Å². The van der Waals surface area contributed by atoms with E-state index in [1.807, 2.05) is 5.38 Å². The molecule has 0 saturated carbocycles. The Hall–Kier alpha value is -3.12. The lowest BCUT2D eigenvalue weighted by Gasteiger charge is -2.34. The smallest absolute Gasteiger partial charge is 0.338 e. The number of benzene rings is 1. The number of rotatable bonds is 8. The van der Waals surface area contributed by atoms with Crippen molar-refractivity contribution in [3.8, 4) is 0 Å². The number of pyridine rings is 1. The normalized spacial score (nSPS) is 18.9. The molecule has 4 heterocycles. The van der Waals surface area contributed by atoms with E-state index in [9.17, 15) is 14.0 Å². The number of carbonyl (C=O) groups excluding carboxylic acids is 2. The number of ether oxygens (including phenoxy) is 2. The standard InChI is InChI=1S/C25H25ClFN5O4S/c1-35-14-32(25-28-6-7-37-25)21-9-15(24(34)36-2)8-16(29-21)11-30-12-18-10-17(30)13-31(18)23(33)19-4-3-5-20(26)22(19)27/h3-9,17-18H,10-14H2,1-2H3/t17-,18-/m0/s1. The minimum atomic E-state index is -0.689. The molecule has 2 atom stereocenters. The molecule has 5 rings (SSSR count). The highest BCUT2D eigenvalue weighted by atomic mass is 35.5. The molecular formula is C25H25ClFN5O4S. The van der Waals surface area contributed by atoms with E-state index >= 15 is 0 Å². The number of anilines is 2. The van der Waals surface area contributed by atoms with E-state index in [-0.39, 0.29) is 35.3 Å². The highest BCUT2D eigenvalue weighted by Gasteiger charge is 2.45. The van der Waals surface area contributed by atoms with Gasteiger partial charge in [-0.25, -0.2) is 19.2 Å². The Balaban J connectivity index is 1.36. The zero-order valence-electron chi connectivity index (χ0n) is 20.3. The van der Waals surface area contributed by atoms with Crippen molar-refractivity contribution >= 4 is 45.8 Å². The highest BCUT2D eigenvalue weighted by molar-refractivity contribution is 7.13. The average molecular weight is 546 g/mol. The molecule has 1 amide bonds. The van der Waals surface area contributed by atoms with E-state index in [2.05, 4.69) is 9.88 Å². The van der Waals surface area contributed by atoms with Crippen LogP contribution in [0.4, 0.5) is 15.3 Å². The lowest BCUT2D eigenvalue weighted by Crippen LogP contribution is -2.48. The lowest BCUT2D eigenvalue weighted by atomic mass is 10.1. The van der Waals surface area contributed by atoms with E-state index in [4.69, 9.17) is 26.1 Å². The molecule has 0 spiro atoms. The van der Waals surface area contributed by atoms with Gasteiger partial charge in [-0.05, 0) is 30.7 Å². The Labute approximate surface area is 222 Å². The summed E-state index contributed by atoms with van der Waals surface area (Å²) < 4.78 is 24.8. The van der Waals surface area contributed by atoms with E-state index in [1.165, 1.54) is 30.6 Å². The Bertz CT molecular complexity index is 1310. The zero-order valence-corrected chi connectivity index (χ0v) is 21.8. The van der Waals surface area contributed by atoms with Crippen LogP contribution in [0.2, 0.25) is 5.02 Å². The molecule has 194 valence electrons. The maximum Gasteiger partial charge on any atom is 0.338 e. The number of fused-ring (bicyclic) bond motifs is 2. The summed E-state index contributed by atoms with van der Waals surface area (Å²) in [4.78, 5) is 40.4. The van der Waals surface area contributed by atoms with Gasteiger partial charge in [0.2, 0.25) is 0 Å². The van der Waals surface area contributed by atoms with Gasteiger partial charge < -0.3 is 14.4 Å². The van der Waals surface area contributed by atoms with E-state index in [1.54, 1.807) is 41.3 Å². The van der Waals surface area contributed by atoms with Crippen LogP contribution < -0.4 is 4.90 Å². The summed E-state index contributed by atoms with van der Waals surface area (Å²) in [6, 6.07) is 7.90. The average Bonchev–Trinajstić information content (AvgIpc) is 3.66. The first-order valence-corrected chi connectivity index (χ1v) is 12.9. The number of methoxy groups -OCH3 is 2. The fourth-order valence-electron chi connectivity index (χ4n) is 4.95. The van der Waals surface area contributed by atoms with Crippen molar-refractivity contribution in [1.29, 1.82) is 0 Å². The third-order valence-corrected chi connectivity index (χ3v) is 7.72.